The molecule has 6 fully saturated rings. The Morgan fingerprint density at radius 1 is 0.833 bits per heavy atom. The predicted molar refractivity (Wildman–Crippen MR) is 89.6 cm³/mol. The van der Waals surface area contributed by atoms with Crippen LogP contribution in [0.15, 0.2) is 23.3 Å². The van der Waals surface area contributed by atoms with Gasteiger partial charge in [0.25, 0.3) is 0 Å². The first-order valence-corrected chi connectivity index (χ1v) is 9.94. The van der Waals surface area contributed by atoms with Crippen molar-refractivity contribution in [1.29, 1.82) is 0 Å². The van der Waals surface area contributed by atoms with E-state index in [4.69, 9.17) is 0 Å². The maximum absolute atomic E-state index is 12.8. The first-order valence-electron chi connectivity index (χ1n) is 9.94. The number of hydrogen-bond donors (Lipinski definition) is 0. The van der Waals surface area contributed by atoms with Crippen LogP contribution < -0.4 is 0 Å². The van der Waals surface area contributed by atoms with E-state index < -0.39 is 0 Å². The lowest BCUT2D eigenvalue weighted by Gasteiger charge is -2.52. The molecule has 1 saturated heterocycles. The van der Waals surface area contributed by atoms with E-state index in [1.807, 2.05) is 6.92 Å². The van der Waals surface area contributed by atoms with Crippen LogP contribution in [0.3, 0.4) is 0 Å². The summed E-state index contributed by atoms with van der Waals surface area (Å²) in [4.78, 5) is 27.1. The van der Waals surface area contributed by atoms with E-state index in [1.165, 1.54) is 42.6 Å². The minimum atomic E-state index is -0.0767. The van der Waals surface area contributed by atoms with Gasteiger partial charge in [0.1, 0.15) is 0 Å². The Labute approximate surface area is 143 Å². The maximum Gasteiger partial charge on any atom is 0.234 e. The number of nitrogens with zero attached hydrogens (tertiary/aromatic N) is 1. The molecule has 0 N–H and O–H groups in total. The van der Waals surface area contributed by atoms with Crippen molar-refractivity contribution in [1.82, 2.24) is 4.90 Å². The Balaban J connectivity index is 1.45. The van der Waals surface area contributed by atoms with Gasteiger partial charge in [0.15, 0.2) is 0 Å². The molecule has 24 heavy (non-hydrogen) atoms. The molecule has 3 nitrogen and oxygen atoms in total. The minimum Gasteiger partial charge on any atom is -0.282 e. The second-order valence-corrected chi connectivity index (χ2v) is 9.12. The van der Waals surface area contributed by atoms with Crippen LogP contribution in [-0.2, 0) is 9.59 Å². The van der Waals surface area contributed by atoms with Crippen molar-refractivity contribution in [3.8, 4) is 0 Å². The van der Waals surface area contributed by atoms with Crippen LogP contribution in [0.5, 0.6) is 0 Å². The van der Waals surface area contributed by atoms with E-state index in [-0.39, 0.29) is 35.5 Å². The maximum atomic E-state index is 12.8. The van der Waals surface area contributed by atoms with E-state index in [0.717, 1.165) is 23.7 Å². The minimum absolute atomic E-state index is 0.0767. The lowest BCUT2D eigenvalue weighted by molar-refractivity contribution is -0.140. The molecule has 0 aromatic carbocycles. The van der Waals surface area contributed by atoms with Gasteiger partial charge in [-0.2, -0.15) is 0 Å². The van der Waals surface area contributed by atoms with E-state index >= 15 is 0 Å². The molecule has 7 rings (SSSR count). The van der Waals surface area contributed by atoms with Crippen LogP contribution in [0.25, 0.3) is 0 Å². The van der Waals surface area contributed by atoms with E-state index in [9.17, 15) is 9.59 Å². The molecule has 1 heterocycles. The molecule has 5 saturated carbocycles. The fraction of sp³-hybridized carbons (Fsp3) is 0.714. The number of likely N-dealkylation sites (tertiary alicyclic amines) is 1. The SMILES string of the molecule is CCN1C(=O)[C@H]2[C@H](C1=O)[C@H]1C=C[C@H]2C1=C1C2CC3CC(C2)CC1C3. The zero-order chi connectivity index (χ0) is 16.2. The number of allylic oxidation sites excluding steroid dienone is 4. The average molecular weight is 323 g/mol. The van der Waals surface area contributed by atoms with Crippen LogP contribution in [0.4, 0.5) is 0 Å². The average Bonchev–Trinajstić information content (AvgIpc) is 3.17. The zero-order valence-electron chi connectivity index (χ0n) is 14.3. The summed E-state index contributed by atoms with van der Waals surface area (Å²) in [7, 11) is 0. The number of hydrogen-bond acceptors (Lipinski definition) is 2. The number of carbonyl (C=O) groups is 2. The third-order valence-corrected chi connectivity index (χ3v) is 8.17. The van der Waals surface area contributed by atoms with Crippen molar-refractivity contribution in [3.63, 3.8) is 0 Å². The quantitative estimate of drug-likeness (QED) is 0.549. The molecule has 0 radical (unpaired) electrons. The number of carbonyl (C=O) groups excluding carboxylic acids is 2. The van der Waals surface area contributed by atoms with Gasteiger partial charge in [0, 0.05) is 18.4 Å². The summed E-state index contributed by atoms with van der Waals surface area (Å²) in [6.07, 6.45) is 11.5. The number of rotatable bonds is 1. The Morgan fingerprint density at radius 3 is 1.79 bits per heavy atom. The first kappa shape index (κ1) is 13.9. The first-order chi connectivity index (χ1) is 11.7. The number of amides is 2. The van der Waals surface area contributed by atoms with Crippen molar-refractivity contribution in [2.75, 3.05) is 6.54 Å². The predicted octanol–water partition coefficient (Wildman–Crippen LogP) is 3.18. The summed E-state index contributed by atoms with van der Waals surface area (Å²) in [6.45, 7) is 2.45. The monoisotopic (exact) mass is 323 g/mol. The fourth-order valence-electron chi connectivity index (χ4n) is 7.68. The van der Waals surface area contributed by atoms with Gasteiger partial charge in [-0.15, -0.1) is 0 Å². The summed E-state index contributed by atoms with van der Waals surface area (Å²) in [6, 6.07) is 0. The highest BCUT2D eigenvalue weighted by atomic mass is 16.2. The Kier molecular flexibility index (Phi) is 2.55. The molecule has 0 aromatic rings. The van der Waals surface area contributed by atoms with Crippen molar-refractivity contribution >= 4 is 11.8 Å². The van der Waals surface area contributed by atoms with Gasteiger partial charge in [0.2, 0.25) is 11.8 Å². The number of fused-ring (bicyclic) bond motifs is 5. The second-order valence-electron chi connectivity index (χ2n) is 9.12. The van der Waals surface area contributed by atoms with Gasteiger partial charge in [-0.1, -0.05) is 23.3 Å². The fourth-order valence-corrected chi connectivity index (χ4v) is 7.68. The molecule has 0 spiro atoms. The standard InChI is InChI=1S/C21H25NO2/c1-2-22-20(23)18-14-3-4-15(19(18)21(22)24)17(14)16-12-6-10-5-11(8-12)9-13(16)7-10/h3-4,10-15,18-19H,2,5-9H2,1H3/t10?,11?,12?,13?,14-,15-,18+,19+/m0/s1. The topological polar surface area (TPSA) is 37.4 Å². The van der Waals surface area contributed by atoms with Gasteiger partial charge >= 0.3 is 0 Å². The Bertz CT molecular complexity index is 653. The van der Waals surface area contributed by atoms with Crippen molar-refractivity contribution in [3.05, 3.63) is 23.3 Å². The van der Waals surface area contributed by atoms with Gasteiger partial charge in [-0.25, -0.2) is 0 Å². The van der Waals surface area contributed by atoms with Gasteiger partial charge in [0.05, 0.1) is 11.8 Å². The highest BCUT2D eigenvalue weighted by Crippen LogP contribution is 2.63. The lowest BCUT2D eigenvalue weighted by atomic mass is 9.53. The molecule has 0 unspecified atom stereocenters. The number of imide groups is 1. The van der Waals surface area contributed by atoms with Gasteiger partial charge in [-0.05, 0) is 62.7 Å². The third kappa shape index (κ3) is 1.46. The van der Waals surface area contributed by atoms with E-state index in [2.05, 4.69) is 12.2 Å². The van der Waals surface area contributed by atoms with Crippen LogP contribution in [-0.4, -0.2) is 23.3 Å². The summed E-state index contributed by atoms with van der Waals surface area (Å²) < 4.78 is 0. The van der Waals surface area contributed by atoms with Crippen LogP contribution in [0.2, 0.25) is 0 Å². The van der Waals surface area contributed by atoms with Crippen LogP contribution in [0, 0.1) is 47.3 Å². The summed E-state index contributed by atoms with van der Waals surface area (Å²) >= 11 is 0. The van der Waals surface area contributed by atoms with Gasteiger partial charge in [-0.3, -0.25) is 14.5 Å². The molecule has 2 amide bonds. The molecule has 4 atom stereocenters. The highest BCUT2D eigenvalue weighted by Gasteiger charge is 2.62. The molecular formula is C21H25NO2. The molecule has 126 valence electrons. The normalized spacial score (nSPS) is 50.6. The molecule has 0 aromatic heterocycles. The van der Waals surface area contributed by atoms with Crippen molar-refractivity contribution in [2.24, 2.45) is 47.3 Å². The molecule has 7 aliphatic rings. The Hall–Kier alpha value is -1.38. The van der Waals surface area contributed by atoms with Crippen LogP contribution >= 0.6 is 0 Å². The van der Waals surface area contributed by atoms with Gasteiger partial charge < -0.3 is 0 Å². The zero-order valence-corrected chi connectivity index (χ0v) is 14.3. The Morgan fingerprint density at radius 2 is 1.33 bits per heavy atom. The highest BCUT2D eigenvalue weighted by molar-refractivity contribution is 6.07. The third-order valence-electron chi connectivity index (χ3n) is 8.17. The molecule has 6 bridgehead atoms. The lowest BCUT2D eigenvalue weighted by Crippen LogP contribution is -2.41. The molecule has 1 aliphatic heterocycles. The smallest absolute Gasteiger partial charge is 0.234 e. The summed E-state index contributed by atoms with van der Waals surface area (Å²) in [5, 5.41) is 0. The second kappa shape index (κ2) is 4.42. The molecule has 3 heteroatoms. The van der Waals surface area contributed by atoms with E-state index in [0.29, 0.717) is 6.54 Å². The van der Waals surface area contributed by atoms with Crippen molar-refractivity contribution < 1.29 is 9.59 Å². The molecular weight excluding hydrogens is 298 g/mol. The van der Waals surface area contributed by atoms with Crippen LogP contribution in [0.1, 0.15) is 39.0 Å². The van der Waals surface area contributed by atoms with E-state index in [1.54, 1.807) is 5.57 Å². The van der Waals surface area contributed by atoms with Crippen molar-refractivity contribution in [2.45, 2.75) is 39.0 Å². The summed E-state index contributed by atoms with van der Waals surface area (Å²) in [5.74, 6) is 3.99. The largest absolute Gasteiger partial charge is 0.282 e. The molecule has 6 aliphatic carbocycles. The summed E-state index contributed by atoms with van der Waals surface area (Å²) in [5.41, 5.74) is 3.26.